The number of fused-ring (bicyclic) bond motifs is 1. The number of benzene rings is 1. The fourth-order valence-corrected chi connectivity index (χ4v) is 2.88. The molecule has 5 N–H and O–H groups in total. The number of esters is 1. The lowest BCUT2D eigenvalue weighted by Gasteiger charge is -2.18. The molecule has 152 valence electrons. The normalized spacial score (nSPS) is 27.5. The molecule has 1 aliphatic heterocycles. The van der Waals surface area contributed by atoms with Gasteiger partial charge in [0.25, 0.3) is 0 Å². The van der Waals surface area contributed by atoms with Crippen molar-refractivity contribution in [2.45, 2.75) is 38.1 Å². The highest BCUT2D eigenvalue weighted by Crippen LogP contribution is 2.37. The van der Waals surface area contributed by atoms with E-state index >= 15 is 0 Å². The quantitative estimate of drug-likeness (QED) is 0.443. The van der Waals surface area contributed by atoms with Crippen LogP contribution in [-0.2, 0) is 4.74 Å². The second kappa shape index (κ2) is 9.70. The Morgan fingerprint density at radius 3 is 2.54 bits per heavy atom. The SMILES string of the molecule is C[C@H]1C/C=C\C(=NCO)[C@@H](O)[C@@H](O)C/C=C/c2c(Cl)c(O)cc(O)c2C(=O)O1. The van der Waals surface area contributed by atoms with Crippen LogP contribution in [0.4, 0.5) is 0 Å². The zero-order valence-corrected chi connectivity index (χ0v) is 15.9. The van der Waals surface area contributed by atoms with Crippen molar-refractivity contribution in [2.75, 3.05) is 6.73 Å². The molecule has 1 aromatic carbocycles. The summed E-state index contributed by atoms with van der Waals surface area (Å²) in [5, 5.41) is 49.2. The van der Waals surface area contributed by atoms with Gasteiger partial charge in [0.1, 0.15) is 36.0 Å². The minimum absolute atomic E-state index is 0.0231. The van der Waals surface area contributed by atoms with Gasteiger partial charge < -0.3 is 30.3 Å². The van der Waals surface area contributed by atoms with Gasteiger partial charge in [0.15, 0.2) is 0 Å². The second-order valence-electron chi connectivity index (χ2n) is 6.25. The maximum absolute atomic E-state index is 12.5. The Bertz CT molecular complexity index is 819. The number of aliphatic hydroxyl groups excluding tert-OH is 3. The zero-order valence-electron chi connectivity index (χ0n) is 15.1. The highest BCUT2D eigenvalue weighted by atomic mass is 35.5. The highest BCUT2D eigenvalue weighted by molar-refractivity contribution is 6.34. The number of hydrogen-bond acceptors (Lipinski definition) is 8. The van der Waals surface area contributed by atoms with Gasteiger partial charge >= 0.3 is 5.97 Å². The molecule has 0 spiro atoms. The van der Waals surface area contributed by atoms with E-state index in [1.807, 2.05) is 0 Å². The van der Waals surface area contributed by atoms with Crippen LogP contribution in [0.15, 0.2) is 29.3 Å². The molecular weight excluding hydrogens is 390 g/mol. The first-order chi connectivity index (χ1) is 13.3. The first-order valence-electron chi connectivity index (χ1n) is 8.56. The predicted octanol–water partition coefficient (Wildman–Crippen LogP) is 1.77. The summed E-state index contributed by atoms with van der Waals surface area (Å²) in [7, 11) is 0. The van der Waals surface area contributed by atoms with E-state index in [9.17, 15) is 25.2 Å². The Labute approximate surface area is 166 Å². The summed E-state index contributed by atoms with van der Waals surface area (Å²) < 4.78 is 5.32. The largest absolute Gasteiger partial charge is 0.507 e. The van der Waals surface area contributed by atoms with E-state index in [1.165, 1.54) is 18.2 Å². The predicted molar refractivity (Wildman–Crippen MR) is 104 cm³/mol. The van der Waals surface area contributed by atoms with Gasteiger partial charge in [-0.25, -0.2) is 4.79 Å². The number of carbonyl (C=O) groups excluding carboxylic acids is 1. The van der Waals surface area contributed by atoms with Crippen molar-refractivity contribution in [3.05, 3.63) is 40.4 Å². The van der Waals surface area contributed by atoms with Crippen molar-refractivity contribution < 1.29 is 35.1 Å². The van der Waals surface area contributed by atoms with Crippen molar-refractivity contribution >= 4 is 29.4 Å². The van der Waals surface area contributed by atoms with Crippen molar-refractivity contribution in [2.24, 2.45) is 4.99 Å². The molecule has 2 rings (SSSR count). The van der Waals surface area contributed by atoms with Crippen molar-refractivity contribution in [1.29, 1.82) is 0 Å². The zero-order chi connectivity index (χ0) is 20.8. The van der Waals surface area contributed by atoms with Crippen molar-refractivity contribution in [3.63, 3.8) is 0 Å². The van der Waals surface area contributed by atoms with Gasteiger partial charge in [-0.1, -0.05) is 29.8 Å². The van der Waals surface area contributed by atoms with Crippen LogP contribution in [0, 0.1) is 0 Å². The fourth-order valence-electron chi connectivity index (χ4n) is 2.67. The molecule has 0 radical (unpaired) electrons. The van der Waals surface area contributed by atoms with E-state index in [4.69, 9.17) is 21.4 Å². The lowest BCUT2D eigenvalue weighted by atomic mass is 10.0. The number of halogens is 1. The summed E-state index contributed by atoms with van der Waals surface area (Å²) in [4.78, 5) is 16.3. The molecular formula is C19H22ClNO7. The molecule has 0 fully saturated rings. The monoisotopic (exact) mass is 411 g/mol. The number of hydrogen-bond donors (Lipinski definition) is 5. The number of rotatable bonds is 1. The van der Waals surface area contributed by atoms with Crippen LogP contribution in [-0.4, -0.2) is 62.3 Å². The maximum Gasteiger partial charge on any atom is 0.342 e. The Kier molecular flexibility index (Phi) is 7.59. The van der Waals surface area contributed by atoms with Crippen molar-refractivity contribution in [1.82, 2.24) is 0 Å². The summed E-state index contributed by atoms with van der Waals surface area (Å²) in [6, 6.07) is 0.945. The van der Waals surface area contributed by atoms with Crippen LogP contribution in [0.2, 0.25) is 5.02 Å². The maximum atomic E-state index is 12.5. The first-order valence-corrected chi connectivity index (χ1v) is 8.93. The first kappa shape index (κ1) is 21.9. The molecule has 0 saturated carbocycles. The molecule has 28 heavy (non-hydrogen) atoms. The summed E-state index contributed by atoms with van der Waals surface area (Å²) in [6.07, 6.45) is 2.73. The minimum atomic E-state index is -1.36. The third kappa shape index (κ3) is 5.11. The molecule has 0 saturated heterocycles. The Morgan fingerprint density at radius 2 is 1.86 bits per heavy atom. The van der Waals surface area contributed by atoms with Gasteiger partial charge in [-0.2, -0.15) is 0 Å². The second-order valence-corrected chi connectivity index (χ2v) is 6.62. The molecule has 8 nitrogen and oxygen atoms in total. The molecule has 3 atom stereocenters. The number of phenols is 2. The molecule has 0 unspecified atom stereocenters. The van der Waals surface area contributed by atoms with E-state index in [0.29, 0.717) is 0 Å². The Balaban J connectivity index is 2.51. The van der Waals surface area contributed by atoms with Gasteiger partial charge in [-0.3, -0.25) is 4.99 Å². The van der Waals surface area contributed by atoms with E-state index in [-0.39, 0.29) is 34.7 Å². The van der Waals surface area contributed by atoms with Gasteiger partial charge in [0.2, 0.25) is 0 Å². The molecule has 1 aromatic rings. The van der Waals surface area contributed by atoms with Crippen LogP contribution < -0.4 is 0 Å². The average Bonchev–Trinajstić information content (AvgIpc) is 2.63. The number of ether oxygens (including phenoxy) is 1. The highest BCUT2D eigenvalue weighted by Gasteiger charge is 2.24. The van der Waals surface area contributed by atoms with Crippen LogP contribution in [0.3, 0.4) is 0 Å². The van der Waals surface area contributed by atoms with Gasteiger partial charge in [-0.15, -0.1) is 0 Å². The molecule has 1 heterocycles. The van der Waals surface area contributed by atoms with E-state index in [1.54, 1.807) is 13.0 Å². The standard InChI is InChI=1S/C19H22ClNO7/c1-10-4-2-6-12(21-9-22)18(26)13(23)7-3-5-11-16(19(27)28-10)14(24)8-15(25)17(11)20/h2-3,5-6,8,10,13,18,22-26H,4,7,9H2,1H3/b5-3+,6-2-,21-12?/t10-,13-,18+/m0/s1. The number of aliphatic hydroxyl groups is 3. The number of phenolic OH excluding ortho intramolecular Hbond substituents is 2. The summed E-state index contributed by atoms with van der Waals surface area (Å²) in [6.45, 7) is 1.06. The molecule has 0 aromatic heterocycles. The summed E-state index contributed by atoms with van der Waals surface area (Å²) in [5.74, 6) is -1.76. The lowest BCUT2D eigenvalue weighted by Crippen LogP contribution is -2.33. The fraction of sp³-hybridized carbons (Fsp3) is 0.368. The number of nitrogens with zero attached hydrogens (tertiary/aromatic N) is 1. The molecule has 0 aliphatic carbocycles. The van der Waals surface area contributed by atoms with Crippen LogP contribution in [0.5, 0.6) is 11.5 Å². The number of carbonyl (C=O) groups is 1. The molecule has 1 aliphatic rings. The van der Waals surface area contributed by atoms with E-state index in [0.717, 1.165) is 6.07 Å². The number of aliphatic imine (C=N–C) groups is 1. The molecule has 0 amide bonds. The van der Waals surface area contributed by atoms with Crippen LogP contribution in [0.25, 0.3) is 6.08 Å². The number of aromatic hydroxyl groups is 2. The Hall–Kier alpha value is -2.39. The topological polar surface area (TPSA) is 140 Å². The molecule has 9 heteroatoms. The third-order valence-corrected chi connectivity index (χ3v) is 4.51. The average molecular weight is 412 g/mol. The van der Waals surface area contributed by atoms with Crippen LogP contribution >= 0.6 is 11.6 Å². The lowest BCUT2D eigenvalue weighted by molar-refractivity contribution is 0.0344. The minimum Gasteiger partial charge on any atom is -0.507 e. The van der Waals surface area contributed by atoms with Crippen molar-refractivity contribution in [3.8, 4) is 11.5 Å². The van der Waals surface area contributed by atoms with E-state index < -0.39 is 42.5 Å². The number of cyclic esters (lactones) is 1. The van der Waals surface area contributed by atoms with E-state index in [2.05, 4.69) is 4.99 Å². The van der Waals surface area contributed by atoms with Gasteiger partial charge in [-0.05, 0) is 19.4 Å². The smallest absolute Gasteiger partial charge is 0.342 e. The van der Waals surface area contributed by atoms with Gasteiger partial charge in [0, 0.05) is 18.1 Å². The van der Waals surface area contributed by atoms with Gasteiger partial charge in [0.05, 0.1) is 16.8 Å². The summed E-state index contributed by atoms with van der Waals surface area (Å²) in [5.41, 5.74) is -0.118. The Morgan fingerprint density at radius 1 is 1.18 bits per heavy atom. The van der Waals surface area contributed by atoms with Crippen LogP contribution in [0.1, 0.15) is 35.7 Å². The summed E-state index contributed by atoms with van der Waals surface area (Å²) >= 11 is 6.08. The third-order valence-electron chi connectivity index (χ3n) is 4.11. The molecule has 0 bridgehead atoms.